The SMILES string of the molecule is NN(c1nccs1)c1cccc2c1Nc1ccccc1S2. The summed E-state index contributed by atoms with van der Waals surface area (Å²) in [4.78, 5) is 6.66. The molecule has 0 radical (unpaired) electrons. The topological polar surface area (TPSA) is 54.2 Å². The molecule has 1 aromatic heterocycles. The second-order valence-corrected chi connectivity index (χ2v) is 6.51. The molecule has 1 aliphatic heterocycles. The lowest BCUT2D eigenvalue weighted by molar-refractivity contribution is 1.06. The van der Waals surface area contributed by atoms with Gasteiger partial charge in [0, 0.05) is 21.4 Å². The molecule has 4 nitrogen and oxygen atoms in total. The van der Waals surface area contributed by atoms with E-state index in [0.717, 1.165) is 22.2 Å². The van der Waals surface area contributed by atoms with Gasteiger partial charge in [-0.05, 0) is 24.3 Å². The zero-order valence-electron chi connectivity index (χ0n) is 11.0. The summed E-state index contributed by atoms with van der Waals surface area (Å²) in [5, 5.41) is 7.81. The Morgan fingerprint density at radius 3 is 2.76 bits per heavy atom. The van der Waals surface area contributed by atoms with E-state index in [0.29, 0.717) is 0 Å². The van der Waals surface area contributed by atoms with Gasteiger partial charge in [-0.3, -0.25) is 5.01 Å². The Morgan fingerprint density at radius 1 is 1.05 bits per heavy atom. The highest BCUT2D eigenvalue weighted by Gasteiger charge is 2.21. The fourth-order valence-corrected chi connectivity index (χ4v) is 3.87. The van der Waals surface area contributed by atoms with E-state index in [1.54, 1.807) is 23.0 Å². The molecule has 2 heterocycles. The van der Waals surface area contributed by atoms with E-state index < -0.39 is 0 Å². The van der Waals surface area contributed by atoms with Gasteiger partial charge in [0.2, 0.25) is 5.13 Å². The van der Waals surface area contributed by atoms with E-state index in [1.165, 1.54) is 21.1 Å². The molecule has 0 fully saturated rings. The molecular weight excluding hydrogens is 300 g/mol. The number of thiazole rings is 1. The first-order valence-electron chi connectivity index (χ1n) is 6.44. The molecule has 0 unspecified atom stereocenters. The maximum Gasteiger partial charge on any atom is 0.204 e. The zero-order chi connectivity index (χ0) is 14.2. The molecule has 0 amide bonds. The summed E-state index contributed by atoms with van der Waals surface area (Å²) in [5.74, 6) is 6.24. The highest BCUT2D eigenvalue weighted by atomic mass is 32.2. The van der Waals surface area contributed by atoms with Crippen molar-refractivity contribution in [2.24, 2.45) is 5.84 Å². The van der Waals surface area contributed by atoms with Gasteiger partial charge in [-0.1, -0.05) is 30.0 Å². The number of benzene rings is 2. The molecule has 0 spiro atoms. The molecule has 0 saturated carbocycles. The van der Waals surface area contributed by atoms with Crippen molar-refractivity contribution in [3.05, 3.63) is 54.0 Å². The van der Waals surface area contributed by atoms with Crippen LogP contribution in [-0.2, 0) is 0 Å². The molecule has 2 aromatic carbocycles. The summed E-state index contributed by atoms with van der Waals surface area (Å²) >= 11 is 3.27. The van der Waals surface area contributed by atoms with Crippen LogP contribution in [0.5, 0.6) is 0 Å². The molecule has 0 atom stereocenters. The van der Waals surface area contributed by atoms with Gasteiger partial charge in [0.1, 0.15) is 0 Å². The number of nitrogens with one attached hydrogen (secondary N) is 1. The number of nitrogens with zero attached hydrogens (tertiary/aromatic N) is 2. The van der Waals surface area contributed by atoms with Crippen molar-refractivity contribution in [3.63, 3.8) is 0 Å². The molecule has 6 heteroatoms. The first-order valence-corrected chi connectivity index (χ1v) is 8.14. The molecule has 0 bridgehead atoms. The van der Waals surface area contributed by atoms with Gasteiger partial charge < -0.3 is 5.32 Å². The van der Waals surface area contributed by atoms with Crippen LogP contribution in [0.1, 0.15) is 0 Å². The van der Waals surface area contributed by atoms with E-state index in [2.05, 4.69) is 28.5 Å². The van der Waals surface area contributed by atoms with Crippen LogP contribution in [0.4, 0.5) is 22.2 Å². The third-order valence-corrected chi connectivity index (χ3v) is 5.16. The molecule has 4 rings (SSSR count). The summed E-state index contributed by atoms with van der Waals surface area (Å²) in [5.41, 5.74) is 3.05. The van der Waals surface area contributed by atoms with Crippen molar-refractivity contribution in [1.82, 2.24) is 4.98 Å². The molecule has 1 aliphatic rings. The summed E-state index contributed by atoms with van der Waals surface area (Å²) in [7, 11) is 0. The van der Waals surface area contributed by atoms with Crippen LogP contribution in [-0.4, -0.2) is 4.98 Å². The first-order chi connectivity index (χ1) is 10.3. The number of para-hydroxylation sites is 2. The lowest BCUT2D eigenvalue weighted by atomic mass is 10.2. The molecule has 3 N–H and O–H groups in total. The minimum Gasteiger partial charge on any atom is -0.352 e. The monoisotopic (exact) mass is 312 g/mol. The normalized spacial score (nSPS) is 12.2. The van der Waals surface area contributed by atoms with Crippen molar-refractivity contribution in [2.45, 2.75) is 9.79 Å². The van der Waals surface area contributed by atoms with Crippen LogP contribution in [0.15, 0.2) is 63.8 Å². The molecule has 21 heavy (non-hydrogen) atoms. The third-order valence-electron chi connectivity index (χ3n) is 3.26. The lowest BCUT2D eigenvalue weighted by Gasteiger charge is -2.26. The second-order valence-electron chi connectivity index (χ2n) is 4.56. The molecule has 0 aliphatic carbocycles. The molecule has 3 aromatic rings. The van der Waals surface area contributed by atoms with Gasteiger partial charge in [0.05, 0.1) is 17.1 Å². The Hall–Kier alpha value is -2.02. The Bertz CT molecular complexity index is 786. The van der Waals surface area contributed by atoms with Gasteiger partial charge in [0.15, 0.2) is 0 Å². The van der Waals surface area contributed by atoms with Crippen LogP contribution in [0, 0.1) is 0 Å². The van der Waals surface area contributed by atoms with Crippen molar-refractivity contribution in [1.29, 1.82) is 0 Å². The highest BCUT2D eigenvalue weighted by Crippen LogP contribution is 2.48. The number of rotatable bonds is 2. The van der Waals surface area contributed by atoms with Crippen molar-refractivity contribution in [2.75, 3.05) is 10.3 Å². The van der Waals surface area contributed by atoms with Crippen LogP contribution in [0.3, 0.4) is 0 Å². The predicted octanol–water partition coefficient (Wildman–Crippen LogP) is 4.36. The van der Waals surface area contributed by atoms with E-state index in [9.17, 15) is 0 Å². The van der Waals surface area contributed by atoms with E-state index in [4.69, 9.17) is 5.84 Å². The average molecular weight is 312 g/mol. The smallest absolute Gasteiger partial charge is 0.204 e. The first kappa shape index (κ1) is 12.7. The van der Waals surface area contributed by atoms with Crippen LogP contribution in [0.2, 0.25) is 0 Å². The van der Waals surface area contributed by atoms with E-state index in [1.807, 2.05) is 29.6 Å². The maximum atomic E-state index is 6.24. The van der Waals surface area contributed by atoms with Crippen molar-refractivity contribution < 1.29 is 0 Å². The third kappa shape index (κ3) is 2.17. The fourth-order valence-electron chi connectivity index (χ4n) is 2.28. The highest BCUT2D eigenvalue weighted by molar-refractivity contribution is 7.99. The number of hydrogen-bond donors (Lipinski definition) is 2. The fraction of sp³-hybridized carbons (Fsp3) is 0. The molecule has 104 valence electrons. The Kier molecular flexibility index (Phi) is 3.07. The summed E-state index contributed by atoms with van der Waals surface area (Å²) in [6.07, 6.45) is 1.76. The number of hydrogen-bond acceptors (Lipinski definition) is 6. The summed E-state index contributed by atoms with van der Waals surface area (Å²) in [6, 6.07) is 14.4. The summed E-state index contributed by atoms with van der Waals surface area (Å²) < 4.78 is 0. The maximum absolute atomic E-state index is 6.24. The van der Waals surface area contributed by atoms with Gasteiger partial charge in [-0.25, -0.2) is 10.8 Å². The van der Waals surface area contributed by atoms with E-state index in [-0.39, 0.29) is 0 Å². The zero-order valence-corrected chi connectivity index (χ0v) is 12.6. The molecule has 0 saturated heterocycles. The van der Waals surface area contributed by atoms with Crippen LogP contribution < -0.4 is 16.2 Å². The van der Waals surface area contributed by atoms with Gasteiger partial charge in [-0.15, -0.1) is 11.3 Å². The van der Waals surface area contributed by atoms with Gasteiger partial charge in [-0.2, -0.15) is 0 Å². The average Bonchev–Trinajstić information content (AvgIpc) is 3.06. The number of aromatic nitrogens is 1. The Morgan fingerprint density at radius 2 is 1.90 bits per heavy atom. The quantitative estimate of drug-likeness (QED) is 0.425. The largest absolute Gasteiger partial charge is 0.352 e. The van der Waals surface area contributed by atoms with E-state index >= 15 is 0 Å². The second kappa shape index (κ2) is 5.07. The number of fused-ring (bicyclic) bond motifs is 2. The Balaban J connectivity index is 1.79. The Labute approximate surface area is 130 Å². The number of nitrogens with two attached hydrogens (primary N) is 1. The predicted molar refractivity (Wildman–Crippen MR) is 88.7 cm³/mol. The van der Waals surface area contributed by atoms with Gasteiger partial charge >= 0.3 is 0 Å². The molecular formula is C15H12N4S2. The number of anilines is 4. The van der Waals surface area contributed by atoms with Gasteiger partial charge in [0.25, 0.3) is 0 Å². The summed E-state index contributed by atoms with van der Waals surface area (Å²) in [6.45, 7) is 0. The standard InChI is InChI=1S/C15H12N4S2/c16-19(15-17-8-9-20-15)11-5-3-7-13-14(11)18-10-4-1-2-6-12(10)21-13/h1-9,18H,16H2. The van der Waals surface area contributed by atoms with Crippen molar-refractivity contribution >= 4 is 45.3 Å². The van der Waals surface area contributed by atoms with Crippen LogP contribution >= 0.6 is 23.1 Å². The van der Waals surface area contributed by atoms with Crippen molar-refractivity contribution in [3.8, 4) is 0 Å². The minimum atomic E-state index is 0.772. The minimum absolute atomic E-state index is 0.772. The van der Waals surface area contributed by atoms with Crippen LogP contribution in [0.25, 0.3) is 0 Å². The lowest BCUT2D eigenvalue weighted by Crippen LogP contribution is -2.26. The number of hydrazine groups is 1.